The second-order valence-corrected chi connectivity index (χ2v) is 4.29. The number of piperidine rings is 1. The van der Waals surface area contributed by atoms with E-state index in [4.69, 9.17) is 5.11 Å². The molecule has 0 radical (unpaired) electrons. The lowest BCUT2D eigenvalue weighted by Gasteiger charge is -2.34. The lowest BCUT2D eigenvalue weighted by molar-refractivity contribution is -0.139. The molecule has 2 rings (SSSR count). The van der Waals surface area contributed by atoms with Crippen molar-refractivity contribution < 1.29 is 9.90 Å². The van der Waals surface area contributed by atoms with Gasteiger partial charge in [-0.25, -0.2) is 0 Å². The Kier molecular flexibility index (Phi) is 3.57. The van der Waals surface area contributed by atoms with Crippen LogP contribution in [0, 0.1) is 0 Å². The highest BCUT2D eigenvalue weighted by Gasteiger charge is 2.24. The van der Waals surface area contributed by atoms with Gasteiger partial charge in [0.25, 0.3) is 0 Å². The first kappa shape index (κ1) is 11.1. The Bertz CT molecular complexity index is 350. The molecule has 1 N–H and O–H groups in total. The Morgan fingerprint density at radius 1 is 1.31 bits per heavy atom. The van der Waals surface area contributed by atoms with E-state index in [1.807, 2.05) is 18.2 Å². The summed E-state index contributed by atoms with van der Waals surface area (Å²) in [5, 5.41) is 8.89. The second-order valence-electron chi connectivity index (χ2n) is 4.29. The van der Waals surface area contributed by atoms with E-state index in [1.54, 1.807) is 0 Å². The second kappa shape index (κ2) is 5.12. The molecule has 3 nitrogen and oxygen atoms in total. The van der Waals surface area contributed by atoms with Crippen LogP contribution in [0.1, 0.15) is 30.9 Å². The van der Waals surface area contributed by atoms with Gasteiger partial charge in [-0.15, -0.1) is 0 Å². The highest BCUT2D eigenvalue weighted by Crippen LogP contribution is 2.30. The molecule has 1 saturated heterocycles. The molecule has 1 aliphatic rings. The first-order valence-corrected chi connectivity index (χ1v) is 5.78. The van der Waals surface area contributed by atoms with Crippen molar-refractivity contribution in [2.24, 2.45) is 0 Å². The SMILES string of the molecule is O=C(O)CN1CCCC[C@@H]1c1ccccc1. The van der Waals surface area contributed by atoms with Crippen molar-refractivity contribution in [1.82, 2.24) is 4.90 Å². The Morgan fingerprint density at radius 2 is 2.06 bits per heavy atom. The number of rotatable bonds is 3. The van der Waals surface area contributed by atoms with E-state index < -0.39 is 5.97 Å². The molecule has 0 unspecified atom stereocenters. The Balaban J connectivity index is 2.13. The van der Waals surface area contributed by atoms with Gasteiger partial charge in [0, 0.05) is 6.04 Å². The summed E-state index contributed by atoms with van der Waals surface area (Å²) >= 11 is 0. The molecular weight excluding hydrogens is 202 g/mol. The third-order valence-electron chi connectivity index (χ3n) is 3.14. The molecule has 16 heavy (non-hydrogen) atoms. The smallest absolute Gasteiger partial charge is 0.317 e. The minimum absolute atomic E-state index is 0.152. The highest BCUT2D eigenvalue weighted by molar-refractivity contribution is 5.69. The number of nitrogens with zero attached hydrogens (tertiary/aromatic N) is 1. The van der Waals surface area contributed by atoms with Crippen molar-refractivity contribution in [2.45, 2.75) is 25.3 Å². The van der Waals surface area contributed by atoms with Crippen LogP contribution in [0.2, 0.25) is 0 Å². The maximum Gasteiger partial charge on any atom is 0.317 e. The summed E-state index contributed by atoms with van der Waals surface area (Å²) < 4.78 is 0. The van der Waals surface area contributed by atoms with Crippen LogP contribution in [-0.4, -0.2) is 29.1 Å². The van der Waals surface area contributed by atoms with Crippen LogP contribution in [0.4, 0.5) is 0 Å². The average Bonchev–Trinajstić information content (AvgIpc) is 2.30. The highest BCUT2D eigenvalue weighted by atomic mass is 16.4. The zero-order valence-electron chi connectivity index (χ0n) is 9.30. The standard InChI is InChI=1S/C13H17NO2/c15-13(16)10-14-9-5-4-8-12(14)11-6-2-1-3-7-11/h1-3,6-7,12H,4-5,8-10H2,(H,15,16)/t12-/m1/s1. The number of carboxylic acid groups (broad SMARTS) is 1. The fraction of sp³-hybridized carbons (Fsp3) is 0.462. The average molecular weight is 219 g/mol. The molecule has 1 fully saturated rings. The molecule has 1 aromatic rings. The monoisotopic (exact) mass is 219 g/mol. The predicted molar refractivity (Wildman–Crippen MR) is 62.2 cm³/mol. The number of carboxylic acids is 1. The van der Waals surface area contributed by atoms with Gasteiger partial charge in [-0.1, -0.05) is 36.8 Å². The molecule has 1 heterocycles. The molecule has 86 valence electrons. The number of likely N-dealkylation sites (tertiary alicyclic amines) is 1. The molecule has 3 heteroatoms. The summed E-state index contributed by atoms with van der Waals surface area (Å²) in [6.45, 7) is 1.05. The normalized spacial score (nSPS) is 21.9. The number of carbonyl (C=O) groups is 1. The van der Waals surface area contributed by atoms with E-state index >= 15 is 0 Å². The lowest BCUT2D eigenvalue weighted by atomic mass is 9.95. The van der Waals surface area contributed by atoms with Crippen molar-refractivity contribution >= 4 is 5.97 Å². The van der Waals surface area contributed by atoms with Crippen LogP contribution < -0.4 is 0 Å². The Labute approximate surface area is 95.7 Å². The van der Waals surface area contributed by atoms with Gasteiger partial charge in [0.1, 0.15) is 0 Å². The number of hydrogen-bond donors (Lipinski definition) is 1. The molecule has 0 bridgehead atoms. The summed E-state index contributed by atoms with van der Waals surface area (Å²) in [5.41, 5.74) is 1.24. The van der Waals surface area contributed by atoms with Crippen LogP contribution in [0.5, 0.6) is 0 Å². The number of aliphatic carboxylic acids is 1. The fourth-order valence-corrected chi connectivity index (χ4v) is 2.41. The zero-order chi connectivity index (χ0) is 11.4. The number of benzene rings is 1. The topological polar surface area (TPSA) is 40.5 Å². The fourth-order valence-electron chi connectivity index (χ4n) is 2.41. The molecule has 0 spiro atoms. The van der Waals surface area contributed by atoms with E-state index in [0.717, 1.165) is 19.4 Å². The van der Waals surface area contributed by atoms with E-state index in [-0.39, 0.29) is 12.6 Å². The van der Waals surface area contributed by atoms with Crippen LogP contribution in [0.3, 0.4) is 0 Å². The molecule has 1 atom stereocenters. The van der Waals surface area contributed by atoms with Gasteiger partial charge in [-0.2, -0.15) is 0 Å². The van der Waals surface area contributed by atoms with E-state index in [0.29, 0.717) is 0 Å². The van der Waals surface area contributed by atoms with Crippen molar-refractivity contribution in [2.75, 3.05) is 13.1 Å². The maximum atomic E-state index is 10.8. The van der Waals surface area contributed by atoms with Crippen LogP contribution in [0.25, 0.3) is 0 Å². The van der Waals surface area contributed by atoms with E-state index in [2.05, 4.69) is 17.0 Å². The Hall–Kier alpha value is -1.35. The van der Waals surface area contributed by atoms with Gasteiger partial charge in [0.2, 0.25) is 0 Å². The molecule has 0 aliphatic carbocycles. The predicted octanol–water partition coefficient (Wildman–Crippen LogP) is 2.30. The minimum atomic E-state index is -0.733. The molecule has 0 amide bonds. The van der Waals surface area contributed by atoms with Gasteiger partial charge < -0.3 is 5.11 Å². The lowest BCUT2D eigenvalue weighted by Crippen LogP contribution is -2.37. The van der Waals surface area contributed by atoms with E-state index in [9.17, 15) is 4.79 Å². The van der Waals surface area contributed by atoms with Gasteiger partial charge in [0.05, 0.1) is 6.54 Å². The van der Waals surface area contributed by atoms with Crippen molar-refractivity contribution in [1.29, 1.82) is 0 Å². The minimum Gasteiger partial charge on any atom is -0.480 e. The molecule has 0 saturated carbocycles. The van der Waals surface area contributed by atoms with Gasteiger partial charge in [-0.3, -0.25) is 9.69 Å². The van der Waals surface area contributed by atoms with Gasteiger partial charge in [-0.05, 0) is 24.9 Å². The first-order chi connectivity index (χ1) is 7.77. The van der Waals surface area contributed by atoms with Gasteiger partial charge >= 0.3 is 5.97 Å². The summed E-state index contributed by atoms with van der Waals surface area (Å²) in [6.07, 6.45) is 3.36. The molecule has 1 aromatic carbocycles. The van der Waals surface area contributed by atoms with Gasteiger partial charge in [0.15, 0.2) is 0 Å². The zero-order valence-corrected chi connectivity index (χ0v) is 9.30. The molecule has 1 aliphatic heterocycles. The quantitative estimate of drug-likeness (QED) is 0.848. The van der Waals surface area contributed by atoms with Crippen LogP contribution >= 0.6 is 0 Å². The van der Waals surface area contributed by atoms with Crippen molar-refractivity contribution in [3.8, 4) is 0 Å². The van der Waals surface area contributed by atoms with E-state index in [1.165, 1.54) is 12.0 Å². The summed E-state index contributed by atoms with van der Waals surface area (Å²) in [7, 11) is 0. The summed E-state index contributed by atoms with van der Waals surface area (Å²) in [4.78, 5) is 12.9. The van der Waals surface area contributed by atoms with Crippen LogP contribution in [-0.2, 0) is 4.79 Å². The summed E-state index contributed by atoms with van der Waals surface area (Å²) in [5.74, 6) is -0.733. The Morgan fingerprint density at radius 3 is 2.75 bits per heavy atom. The first-order valence-electron chi connectivity index (χ1n) is 5.78. The third kappa shape index (κ3) is 2.61. The van der Waals surface area contributed by atoms with Crippen molar-refractivity contribution in [3.05, 3.63) is 35.9 Å². The van der Waals surface area contributed by atoms with Crippen molar-refractivity contribution in [3.63, 3.8) is 0 Å². The largest absolute Gasteiger partial charge is 0.480 e. The third-order valence-corrected chi connectivity index (χ3v) is 3.14. The van der Waals surface area contributed by atoms with Crippen LogP contribution in [0.15, 0.2) is 30.3 Å². The summed E-state index contributed by atoms with van der Waals surface area (Å²) in [6, 6.07) is 10.5. The molecular formula is C13H17NO2. The number of hydrogen-bond acceptors (Lipinski definition) is 2. The maximum absolute atomic E-state index is 10.8. The molecule has 0 aromatic heterocycles.